The van der Waals surface area contributed by atoms with E-state index < -0.39 is 11.6 Å². The zero-order chi connectivity index (χ0) is 21.3. The van der Waals surface area contributed by atoms with Crippen molar-refractivity contribution in [2.75, 3.05) is 11.9 Å². The van der Waals surface area contributed by atoms with Crippen molar-refractivity contribution in [3.05, 3.63) is 48.9 Å². The van der Waals surface area contributed by atoms with E-state index in [1.54, 1.807) is 18.6 Å². The van der Waals surface area contributed by atoms with Crippen LogP contribution in [-0.4, -0.2) is 49.6 Å². The molecule has 2 amide bonds. The number of pyridine rings is 1. The summed E-state index contributed by atoms with van der Waals surface area (Å²) in [5, 5.41) is 2.83. The smallest absolute Gasteiger partial charge is 0.329 e. The van der Waals surface area contributed by atoms with Crippen molar-refractivity contribution in [3.63, 3.8) is 0 Å². The Morgan fingerprint density at radius 3 is 2.67 bits per heavy atom. The number of hydrogen-bond donors (Lipinski definition) is 1. The average molecular weight is 407 g/mol. The van der Waals surface area contributed by atoms with Gasteiger partial charge in [0.15, 0.2) is 0 Å². The summed E-state index contributed by atoms with van der Waals surface area (Å²) in [5.74, 6) is 0.338. The second-order valence-corrected chi connectivity index (χ2v) is 8.32. The fraction of sp³-hybridized carbons (Fsp3) is 0.364. The highest BCUT2D eigenvalue weighted by molar-refractivity contribution is 5.93. The number of nitrogens with one attached hydrogen (secondary N) is 1. The molecular formula is C22H25N5O3. The predicted octanol–water partition coefficient (Wildman–Crippen LogP) is 3.76. The van der Waals surface area contributed by atoms with E-state index in [2.05, 4.69) is 15.3 Å². The van der Waals surface area contributed by atoms with Crippen LogP contribution in [-0.2, 0) is 9.53 Å². The number of amides is 2. The first-order valence-corrected chi connectivity index (χ1v) is 10.0. The number of ether oxygens (including phenoxy) is 1. The fourth-order valence-corrected chi connectivity index (χ4v) is 3.56. The van der Waals surface area contributed by atoms with Gasteiger partial charge in [0.1, 0.15) is 23.8 Å². The largest absolute Gasteiger partial charge is 0.458 e. The minimum Gasteiger partial charge on any atom is -0.458 e. The van der Waals surface area contributed by atoms with Crippen LogP contribution >= 0.6 is 0 Å². The third kappa shape index (κ3) is 4.12. The first-order chi connectivity index (χ1) is 14.3. The molecule has 0 spiro atoms. The zero-order valence-corrected chi connectivity index (χ0v) is 17.3. The quantitative estimate of drug-likeness (QED) is 0.668. The van der Waals surface area contributed by atoms with E-state index in [0.717, 1.165) is 17.5 Å². The molecule has 1 N–H and O–H groups in total. The molecule has 4 rings (SSSR count). The van der Waals surface area contributed by atoms with Crippen LogP contribution in [0.15, 0.2) is 48.9 Å². The number of para-hydroxylation sites is 2. The normalized spacial score (nSPS) is 16.6. The summed E-state index contributed by atoms with van der Waals surface area (Å²) in [4.78, 5) is 35.5. The lowest BCUT2D eigenvalue weighted by atomic mass is 10.1. The number of urea groups is 1. The van der Waals surface area contributed by atoms with Crippen LogP contribution in [0.3, 0.4) is 0 Å². The Balaban J connectivity index is 1.45. The molecule has 0 aliphatic carbocycles. The lowest BCUT2D eigenvalue weighted by Gasteiger charge is -2.27. The number of benzene rings is 1. The molecule has 156 valence electrons. The highest BCUT2D eigenvalue weighted by Crippen LogP contribution is 2.23. The van der Waals surface area contributed by atoms with Crippen molar-refractivity contribution in [3.8, 4) is 5.82 Å². The summed E-state index contributed by atoms with van der Waals surface area (Å²) in [6, 6.07) is 10.5. The van der Waals surface area contributed by atoms with Crippen LogP contribution in [0.2, 0.25) is 0 Å². The molecular weight excluding hydrogens is 382 g/mol. The second-order valence-electron chi connectivity index (χ2n) is 8.32. The van der Waals surface area contributed by atoms with Gasteiger partial charge in [-0.3, -0.25) is 4.57 Å². The van der Waals surface area contributed by atoms with Gasteiger partial charge in [-0.25, -0.2) is 19.6 Å². The molecule has 1 saturated heterocycles. The van der Waals surface area contributed by atoms with E-state index in [1.807, 2.05) is 55.7 Å². The Hall–Kier alpha value is -3.42. The van der Waals surface area contributed by atoms with E-state index >= 15 is 0 Å². The molecule has 1 aliphatic rings. The highest BCUT2D eigenvalue weighted by atomic mass is 16.6. The van der Waals surface area contributed by atoms with Gasteiger partial charge in [0, 0.05) is 6.54 Å². The number of carbonyl (C=O) groups excluding carboxylic acids is 2. The SMILES string of the molecule is CC(C)(C)OC(=O)[C@@H]1CCCN1C(=O)Nc1ccc(-n2cnc3ccccc32)nc1. The van der Waals surface area contributed by atoms with E-state index in [1.165, 1.54) is 4.90 Å². The van der Waals surface area contributed by atoms with E-state index in [-0.39, 0.29) is 12.0 Å². The topological polar surface area (TPSA) is 89.4 Å². The number of hydrogen-bond acceptors (Lipinski definition) is 5. The summed E-state index contributed by atoms with van der Waals surface area (Å²) in [7, 11) is 0. The van der Waals surface area contributed by atoms with Gasteiger partial charge in [0.2, 0.25) is 0 Å². The summed E-state index contributed by atoms with van der Waals surface area (Å²) < 4.78 is 7.35. The number of aromatic nitrogens is 3. The molecule has 0 unspecified atom stereocenters. The molecule has 1 aliphatic heterocycles. The van der Waals surface area contributed by atoms with Crippen molar-refractivity contribution in [2.24, 2.45) is 0 Å². The minimum atomic E-state index is -0.584. The lowest BCUT2D eigenvalue weighted by molar-refractivity contribution is -0.159. The molecule has 1 fully saturated rings. The molecule has 8 heteroatoms. The first-order valence-electron chi connectivity index (χ1n) is 10.0. The maximum atomic E-state index is 12.7. The number of anilines is 1. The molecule has 2 aromatic heterocycles. The van der Waals surface area contributed by atoms with Crippen molar-refractivity contribution in [1.82, 2.24) is 19.4 Å². The molecule has 3 aromatic rings. The van der Waals surface area contributed by atoms with Crippen LogP contribution in [0.1, 0.15) is 33.6 Å². The third-order valence-electron chi connectivity index (χ3n) is 4.89. The number of likely N-dealkylation sites (tertiary alicyclic amines) is 1. The van der Waals surface area contributed by atoms with Crippen LogP contribution in [0.4, 0.5) is 10.5 Å². The number of rotatable bonds is 3. The van der Waals surface area contributed by atoms with E-state index in [0.29, 0.717) is 24.5 Å². The zero-order valence-electron chi connectivity index (χ0n) is 17.3. The standard InChI is InChI=1S/C22H25N5O3/c1-22(2,3)30-20(28)18-9-6-12-26(18)21(29)25-15-10-11-19(23-13-15)27-14-24-16-7-4-5-8-17(16)27/h4-5,7-8,10-11,13-14,18H,6,9,12H2,1-3H3,(H,25,29)/t18-/m0/s1. The summed E-state index contributed by atoms with van der Waals surface area (Å²) in [5.41, 5.74) is 1.82. The van der Waals surface area contributed by atoms with Crippen LogP contribution in [0.5, 0.6) is 0 Å². The Kier molecular flexibility index (Phi) is 5.15. The minimum absolute atomic E-state index is 0.328. The Morgan fingerprint density at radius 1 is 1.13 bits per heavy atom. The Morgan fingerprint density at radius 2 is 1.93 bits per heavy atom. The molecule has 1 aromatic carbocycles. The lowest BCUT2D eigenvalue weighted by Crippen LogP contribution is -2.45. The van der Waals surface area contributed by atoms with Gasteiger partial charge < -0.3 is 15.0 Å². The summed E-state index contributed by atoms with van der Waals surface area (Å²) >= 11 is 0. The van der Waals surface area contributed by atoms with Gasteiger partial charge >= 0.3 is 12.0 Å². The maximum absolute atomic E-state index is 12.7. The molecule has 1 atom stereocenters. The van der Waals surface area contributed by atoms with Crippen LogP contribution < -0.4 is 5.32 Å². The maximum Gasteiger partial charge on any atom is 0.329 e. The molecule has 0 saturated carbocycles. The number of carbonyl (C=O) groups is 2. The van der Waals surface area contributed by atoms with Gasteiger partial charge in [0.05, 0.1) is 22.9 Å². The van der Waals surface area contributed by atoms with Crippen LogP contribution in [0, 0.1) is 0 Å². The molecule has 0 radical (unpaired) electrons. The van der Waals surface area contributed by atoms with Gasteiger partial charge in [-0.2, -0.15) is 0 Å². The van der Waals surface area contributed by atoms with Crippen molar-refractivity contribution >= 4 is 28.7 Å². The third-order valence-corrected chi connectivity index (χ3v) is 4.89. The van der Waals surface area contributed by atoms with Crippen LogP contribution in [0.25, 0.3) is 16.9 Å². The second kappa shape index (κ2) is 7.78. The van der Waals surface area contributed by atoms with Crippen molar-refractivity contribution < 1.29 is 14.3 Å². The van der Waals surface area contributed by atoms with Gasteiger partial charge in [0.25, 0.3) is 0 Å². The monoisotopic (exact) mass is 407 g/mol. The molecule has 30 heavy (non-hydrogen) atoms. The number of imidazole rings is 1. The van der Waals surface area contributed by atoms with Gasteiger partial charge in [-0.05, 0) is 57.9 Å². The summed E-state index contributed by atoms with van der Waals surface area (Å²) in [6.07, 6.45) is 4.69. The fourth-order valence-electron chi connectivity index (χ4n) is 3.56. The predicted molar refractivity (Wildman–Crippen MR) is 113 cm³/mol. The van der Waals surface area contributed by atoms with Crippen molar-refractivity contribution in [2.45, 2.75) is 45.3 Å². The number of fused-ring (bicyclic) bond motifs is 1. The number of esters is 1. The first kappa shape index (κ1) is 19.9. The highest BCUT2D eigenvalue weighted by Gasteiger charge is 2.37. The Labute approximate surface area is 174 Å². The van der Waals surface area contributed by atoms with E-state index in [9.17, 15) is 9.59 Å². The van der Waals surface area contributed by atoms with Gasteiger partial charge in [-0.1, -0.05) is 12.1 Å². The van der Waals surface area contributed by atoms with E-state index in [4.69, 9.17) is 4.74 Å². The number of nitrogens with zero attached hydrogens (tertiary/aromatic N) is 4. The molecule has 3 heterocycles. The molecule has 0 bridgehead atoms. The summed E-state index contributed by atoms with van der Waals surface area (Å²) in [6.45, 7) is 5.98. The molecule has 8 nitrogen and oxygen atoms in total. The van der Waals surface area contributed by atoms with Crippen molar-refractivity contribution in [1.29, 1.82) is 0 Å². The van der Waals surface area contributed by atoms with Gasteiger partial charge in [-0.15, -0.1) is 0 Å². The Bertz CT molecular complexity index is 1070. The average Bonchev–Trinajstić information content (AvgIpc) is 3.35.